The minimum Gasteiger partial charge on any atom is -0.380 e. The van der Waals surface area contributed by atoms with Crippen molar-refractivity contribution >= 4 is 10.0 Å². The maximum Gasteiger partial charge on any atom is 0.259 e. The standard InChI is InChI=1S/C11H21N3O3S/c1-5-6-14-8-11(13-10(14)3)18(15,16)12-7-9(2)17-4/h8-9,12H,5-7H2,1-4H3. The molecular formula is C11H21N3O3S. The number of hydrogen-bond acceptors (Lipinski definition) is 4. The lowest BCUT2D eigenvalue weighted by Gasteiger charge is -2.09. The van der Waals surface area contributed by atoms with Gasteiger partial charge in [0, 0.05) is 26.4 Å². The zero-order chi connectivity index (χ0) is 13.8. The number of hydrogen-bond donors (Lipinski definition) is 1. The maximum atomic E-state index is 12.0. The molecule has 1 aromatic heterocycles. The highest BCUT2D eigenvalue weighted by Crippen LogP contribution is 2.09. The Morgan fingerprint density at radius 3 is 2.78 bits per heavy atom. The van der Waals surface area contributed by atoms with Gasteiger partial charge in [0.15, 0.2) is 5.03 Å². The molecule has 0 aliphatic heterocycles. The van der Waals surface area contributed by atoms with Crippen LogP contribution in [0.3, 0.4) is 0 Å². The summed E-state index contributed by atoms with van der Waals surface area (Å²) in [5, 5.41) is 0.0664. The summed E-state index contributed by atoms with van der Waals surface area (Å²) >= 11 is 0. The summed E-state index contributed by atoms with van der Waals surface area (Å²) in [5.41, 5.74) is 0. The fourth-order valence-electron chi connectivity index (χ4n) is 1.46. The van der Waals surface area contributed by atoms with Crippen molar-refractivity contribution in [2.45, 2.75) is 44.9 Å². The normalized spacial score (nSPS) is 13.8. The molecule has 0 saturated carbocycles. The van der Waals surface area contributed by atoms with E-state index in [0.29, 0.717) is 5.82 Å². The number of nitrogens with zero attached hydrogens (tertiary/aromatic N) is 2. The van der Waals surface area contributed by atoms with Gasteiger partial charge >= 0.3 is 0 Å². The van der Waals surface area contributed by atoms with Crippen LogP contribution in [0, 0.1) is 6.92 Å². The van der Waals surface area contributed by atoms with Crippen molar-refractivity contribution in [3.05, 3.63) is 12.0 Å². The van der Waals surface area contributed by atoms with E-state index in [1.807, 2.05) is 11.5 Å². The SMILES string of the molecule is CCCn1cc(S(=O)(=O)NCC(C)OC)nc1C. The second kappa shape index (κ2) is 6.31. The first kappa shape index (κ1) is 15.1. The van der Waals surface area contributed by atoms with Gasteiger partial charge in [0.1, 0.15) is 5.82 Å². The Bertz CT molecular complexity index is 482. The zero-order valence-electron chi connectivity index (χ0n) is 11.3. The molecule has 1 rings (SSSR count). The van der Waals surface area contributed by atoms with E-state index >= 15 is 0 Å². The molecule has 0 fully saturated rings. The molecule has 1 atom stereocenters. The van der Waals surface area contributed by atoms with Gasteiger partial charge in [-0.3, -0.25) is 0 Å². The molecule has 104 valence electrons. The van der Waals surface area contributed by atoms with Gasteiger partial charge in [0.05, 0.1) is 6.10 Å². The second-order valence-corrected chi connectivity index (χ2v) is 5.93. The Kier molecular flexibility index (Phi) is 5.30. The largest absolute Gasteiger partial charge is 0.380 e. The zero-order valence-corrected chi connectivity index (χ0v) is 12.1. The van der Waals surface area contributed by atoms with Crippen molar-refractivity contribution in [1.82, 2.24) is 14.3 Å². The highest BCUT2D eigenvalue weighted by atomic mass is 32.2. The quantitative estimate of drug-likeness (QED) is 0.803. The monoisotopic (exact) mass is 275 g/mol. The third kappa shape index (κ3) is 3.79. The first-order chi connectivity index (χ1) is 8.40. The Morgan fingerprint density at radius 1 is 1.56 bits per heavy atom. The van der Waals surface area contributed by atoms with Crippen LogP contribution < -0.4 is 4.72 Å². The predicted molar refractivity (Wildman–Crippen MR) is 68.9 cm³/mol. The lowest BCUT2D eigenvalue weighted by molar-refractivity contribution is 0.122. The molecule has 1 N–H and O–H groups in total. The van der Waals surface area contributed by atoms with Crippen LogP contribution in [0.5, 0.6) is 0 Å². The van der Waals surface area contributed by atoms with E-state index in [9.17, 15) is 8.42 Å². The van der Waals surface area contributed by atoms with E-state index in [4.69, 9.17) is 4.74 Å². The number of nitrogens with one attached hydrogen (secondary N) is 1. The molecule has 18 heavy (non-hydrogen) atoms. The molecule has 6 nitrogen and oxygen atoms in total. The minimum absolute atomic E-state index is 0.0664. The fraction of sp³-hybridized carbons (Fsp3) is 0.727. The summed E-state index contributed by atoms with van der Waals surface area (Å²) < 4.78 is 33.3. The van der Waals surface area contributed by atoms with Crippen LogP contribution in [0.25, 0.3) is 0 Å². The minimum atomic E-state index is -3.55. The van der Waals surface area contributed by atoms with Gasteiger partial charge in [-0.2, -0.15) is 0 Å². The molecular weight excluding hydrogens is 254 g/mol. The Morgan fingerprint density at radius 2 is 2.22 bits per heavy atom. The van der Waals surface area contributed by atoms with Crippen LogP contribution in [-0.2, 0) is 21.3 Å². The summed E-state index contributed by atoms with van der Waals surface area (Å²) in [4.78, 5) is 4.08. The van der Waals surface area contributed by atoms with Gasteiger partial charge in [0.2, 0.25) is 0 Å². The number of ether oxygens (including phenoxy) is 1. The Balaban J connectivity index is 2.82. The summed E-state index contributed by atoms with van der Waals surface area (Å²) in [6.45, 7) is 6.63. The number of methoxy groups -OCH3 is 1. The van der Waals surface area contributed by atoms with Crippen LogP contribution in [0.15, 0.2) is 11.2 Å². The van der Waals surface area contributed by atoms with E-state index in [-0.39, 0.29) is 17.7 Å². The number of sulfonamides is 1. The highest BCUT2D eigenvalue weighted by molar-refractivity contribution is 7.89. The van der Waals surface area contributed by atoms with E-state index in [0.717, 1.165) is 13.0 Å². The van der Waals surface area contributed by atoms with Crippen LogP contribution in [0.2, 0.25) is 0 Å². The first-order valence-corrected chi connectivity index (χ1v) is 7.45. The van der Waals surface area contributed by atoms with Gasteiger partial charge < -0.3 is 9.30 Å². The number of rotatable bonds is 7. The van der Waals surface area contributed by atoms with E-state index in [1.54, 1.807) is 27.2 Å². The summed E-state index contributed by atoms with van der Waals surface area (Å²) in [5.74, 6) is 0.706. The molecule has 0 saturated heterocycles. The van der Waals surface area contributed by atoms with Crippen molar-refractivity contribution in [3.63, 3.8) is 0 Å². The van der Waals surface area contributed by atoms with Crippen molar-refractivity contribution in [3.8, 4) is 0 Å². The predicted octanol–water partition coefficient (Wildman–Crippen LogP) is 0.915. The van der Waals surface area contributed by atoms with Gasteiger partial charge in [0.25, 0.3) is 10.0 Å². The van der Waals surface area contributed by atoms with Crippen molar-refractivity contribution in [2.24, 2.45) is 0 Å². The molecule has 0 aromatic carbocycles. The number of aromatic nitrogens is 2. The van der Waals surface area contributed by atoms with Crippen LogP contribution in [0.4, 0.5) is 0 Å². The first-order valence-electron chi connectivity index (χ1n) is 5.97. The van der Waals surface area contributed by atoms with Crippen LogP contribution >= 0.6 is 0 Å². The molecule has 0 aliphatic rings. The van der Waals surface area contributed by atoms with E-state index in [2.05, 4.69) is 9.71 Å². The smallest absolute Gasteiger partial charge is 0.259 e. The summed E-state index contributed by atoms with van der Waals surface area (Å²) in [6.07, 6.45) is 2.34. The van der Waals surface area contributed by atoms with Crippen molar-refractivity contribution < 1.29 is 13.2 Å². The molecule has 0 amide bonds. The molecule has 0 bridgehead atoms. The summed E-state index contributed by atoms with van der Waals surface area (Å²) in [6, 6.07) is 0. The van der Waals surface area contributed by atoms with Crippen LogP contribution in [0.1, 0.15) is 26.1 Å². The molecule has 1 unspecified atom stereocenters. The van der Waals surface area contributed by atoms with E-state index in [1.165, 1.54) is 0 Å². The highest BCUT2D eigenvalue weighted by Gasteiger charge is 2.19. The average Bonchev–Trinajstić information content (AvgIpc) is 2.69. The second-order valence-electron chi connectivity index (χ2n) is 4.22. The number of imidazole rings is 1. The molecule has 1 aromatic rings. The molecule has 0 spiro atoms. The molecule has 0 aliphatic carbocycles. The molecule has 1 heterocycles. The lowest BCUT2D eigenvalue weighted by Crippen LogP contribution is -2.31. The molecule has 0 radical (unpaired) electrons. The van der Waals surface area contributed by atoms with Crippen molar-refractivity contribution in [2.75, 3.05) is 13.7 Å². The average molecular weight is 275 g/mol. The molecule has 7 heteroatoms. The fourth-order valence-corrected chi connectivity index (χ4v) is 2.58. The topological polar surface area (TPSA) is 73.2 Å². The maximum absolute atomic E-state index is 12.0. The third-order valence-corrected chi connectivity index (χ3v) is 3.95. The van der Waals surface area contributed by atoms with Gasteiger partial charge in [-0.05, 0) is 20.3 Å². The Labute approximate surface area is 108 Å². The van der Waals surface area contributed by atoms with Crippen molar-refractivity contribution in [1.29, 1.82) is 0 Å². The third-order valence-electron chi connectivity index (χ3n) is 2.66. The van der Waals surface area contributed by atoms with Gasteiger partial charge in [-0.25, -0.2) is 18.1 Å². The number of aryl methyl sites for hydroxylation is 2. The van der Waals surface area contributed by atoms with Gasteiger partial charge in [-0.15, -0.1) is 0 Å². The lowest BCUT2D eigenvalue weighted by atomic mass is 10.4. The summed E-state index contributed by atoms with van der Waals surface area (Å²) in [7, 11) is -2.01. The van der Waals surface area contributed by atoms with E-state index < -0.39 is 10.0 Å². The van der Waals surface area contributed by atoms with Gasteiger partial charge in [-0.1, -0.05) is 6.92 Å². The van der Waals surface area contributed by atoms with Crippen LogP contribution in [-0.4, -0.2) is 37.7 Å². The Hall–Kier alpha value is -0.920.